The molecular weight excluding hydrogens is 400 g/mol. The molecule has 4 rings (SSSR count). The Morgan fingerprint density at radius 1 is 1.23 bits per heavy atom. The van der Waals surface area contributed by atoms with E-state index in [1.807, 2.05) is 54.9 Å². The number of aromatic amines is 1. The Balaban J connectivity index is 1.43. The van der Waals surface area contributed by atoms with Gasteiger partial charge in [0.1, 0.15) is 17.5 Å². The Hall–Kier alpha value is -3.39. The Morgan fingerprint density at radius 2 is 2.07 bits per heavy atom. The van der Waals surface area contributed by atoms with Crippen molar-refractivity contribution in [1.82, 2.24) is 20.6 Å². The lowest BCUT2D eigenvalue weighted by Crippen LogP contribution is -2.47. The topological polar surface area (TPSA) is 100 Å². The van der Waals surface area contributed by atoms with Gasteiger partial charge in [-0.3, -0.25) is 9.59 Å². The van der Waals surface area contributed by atoms with Crippen molar-refractivity contribution in [2.24, 2.45) is 0 Å². The van der Waals surface area contributed by atoms with Crippen molar-refractivity contribution in [2.75, 3.05) is 0 Å². The van der Waals surface area contributed by atoms with Crippen LogP contribution in [-0.4, -0.2) is 27.8 Å². The van der Waals surface area contributed by atoms with Crippen LogP contribution >= 0.6 is 11.3 Å². The van der Waals surface area contributed by atoms with Crippen molar-refractivity contribution < 1.29 is 14.0 Å². The van der Waals surface area contributed by atoms with E-state index < -0.39 is 6.04 Å². The van der Waals surface area contributed by atoms with Gasteiger partial charge in [0.2, 0.25) is 11.8 Å². The van der Waals surface area contributed by atoms with Gasteiger partial charge in [0, 0.05) is 35.8 Å². The molecule has 1 aromatic carbocycles. The predicted molar refractivity (Wildman–Crippen MR) is 116 cm³/mol. The molecule has 2 amide bonds. The summed E-state index contributed by atoms with van der Waals surface area (Å²) >= 11 is 1.56. The lowest BCUT2D eigenvalue weighted by atomic mass is 10.0. The largest absolute Gasteiger partial charge is 0.458 e. The molecule has 3 aromatic heterocycles. The maximum Gasteiger partial charge on any atom is 0.243 e. The number of H-pyrrole nitrogens is 1. The number of aryl methyl sites for hydroxylation is 1. The number of carbonyl (C=O) groups excluding carboxylic acids is 2. The van der Waals surface area contributed by atoms with Gasteiger partial charge in [-0.1, -0.05) is 18.2 Å². The minimum atomic E-state index is -0.683. The molecular formula is C22H22N4O3S. The zero-order valence-corrected chi connectivity index (χ0v) is 17.5. The zero-order valence-electron chi connectivity index (χ0n) is 16.7. The molecule has 8 heteroatoms. The molecule has 0 bridgehead atoms. The molecule has 3 N–H and O–H groups in total. The van der Waals surface area contributed by atoms with E-state index in [2.05, 4.69) is 20.6 Å². The van der Waals surface area contributed by atoms with Crippen LogP contribution < -0.4 is 10.6 Å². The first-order valence-corrected chi connectivity index (χ1v) is 10.5. The normalized spacial score (nSPS) is 12.1. The first kappa shape index (κ1) is 19.9. The van der Waals surface area contributed by atoms with Gasteiger partial charge in [-0.25, -0.2) is 4.98 Å². The fraction of sp³-hybridized carbons (Fsp3) is 0.227. The molecule has 1 atom stereocenters. The molecule has 0 fully saturated rings. The van der Waals surface area contributed by atoms with Gasteiger partial charge in [-0.05, 0) is 30.7 Å². The number of para-hydroxylation sites is 1. The molecule has 154 valence electrons. The van der Waals surface area contributed by atoms with Gasteiger partial charge in [-0.15, -0.1) is 11.3 Å². The maximum atomic E-state index is 12.8. The van der Waals surface area contributed by atoms with Crippen LogP contribution in [0.1, 0.15) is 23.3 Å². The second-order valence-electron chi connectivity index (χ2n) is 7.05. The van der Waals surface area contributed by atoms with E-state index in [1.165, 1.54) is 6.92 Å². The Kier molecular flexibility index (Phi) is 5.67. The number of hydrogen-bond acceptors (Lipinski definition) is 5. The molecule has 0 aliphatic rings. The molecule has 4 aromatic rings. The number of rotatable bonds is 7. The van der Waals surface area contributed by atoms with Gasteiger partial charge < -0.3 is 20.0 Å². The third-order valence-electron chi connectivity index (χ3n) is 4.76. The summed E-state index contributed by atoms with van der Waals surface area (Å²) in [6, 6.07) is 10.8. The number of nitrogens with zero attached hydrogens (tertiary/aromatic N) is 1. The van der Waals surface area contributed by atoms with E-state index in [1.54, 1.807) is 11.3 Å². The maximum absolute atomic E-state index is 12.8. The Labute approximate surface area is 177 Å². The molecule has 0 radical (unpaired) electrons. The summed E-state index contributed by atoms with van der Waals surface area (Å²) < 4.78 is 5.79. The van der Waals surface area contributed by atoms with Crippen molar-refractivity contribution >= 4 is 34.1 Å². The van der Waals surface area contributed by atoms with Crippen LogP contribution in [0.3, 0.4) is 0 Å². The lowest BCUT2D eigenvalue weighted by Gasteiger charge is -2.17. The average Bonchev–Trinajstić information content (AvgIpc) is 3.45. The Morgan fingerprint density at radius 3 is 2.83 bits per heavy atom. The van der Waals surface area contributed by atoms with Crippen molar-refractivity contribution in [3.63, 3.8) is 0 Å². The van der Waals surface area contributed by atoms with Crippen molar-refractivity contribution in [3.8, 4) is 11.5 Å². The number of hydrogen-bond donors (Lipinski definition) is 3. The number of fused-ring (bicyclic) bond motifs is 1. The van der Waals surface area contributed by atoms with Crippen molar-refractivity contribution in [2.45, 2.75) is 32.9 Å². The van der Waals surface area contributed by atoms with Crippen LogP contribution in [0.5, 0.6) is 0 Å². The summed E-state index contributed by atoms with van der Waals surface area (Å²) in [5.41, 5.74) is 2.75. The van der Waals surface area contributed by atoms with E-state index in [-0.39, 0.29) is 18.4 Å². The number of amides is 2. The number of thiazole rings is 1. The SMILES string of the molecule is CC(=O)N[C@@H](Cc1c[nH]c2ccccc12)C(=O)NCc1ccc(-c2csc(C)n2)o1. The molecule has 0 spiro atoms. The number of aromatic nitrogens is 2. The Bertz CT molecular complexity index is 1190. The molecule has 0 saturated heterocycles. The minimum absolute atomic E-state index is 0.228. The summed E-state index contributed by atoms with van der Waals surface area (Å²) in [4.78, 5) is 32.1. The van der Waals surface area contributed by atoms with E-state index in [4.69, 9.17) is 4.42 Å². The average molecular weight is 423 g/mol. The van der Waals surface area contributed by atoms with E-state index in [9.17, 15) is 9.59 Å². The van der Waals surface area contributed by atoms with E-state index >= 15 is 0 Å². The highest BCUT2D eigenvalue weighted by Crippen LogP contribution is 2.24. The molecule has 0 aliphatic carbocycles. The van der Waals surface area contributed by atoms with Gasteiger partial charge >= 0.3 is 0 Å². The summed E-state index contributed by atoms with van der Waals surface area (Å²) in [5, 5.41) is 9.54. The summed E-state index contributed by atoms with van der Waals surface area (Å²) in [6.07, 6.45) is 2.26. The second kappa shape index (κ2) is 8.54. The predicted octanol–water partition coefficient (Wildman–Crippen LogP) is 3.56. The number of carbonyl (C=O) groups is 2. The number of nitrogens with one attached hydrogen (secondary N) is 3. The molecule has 3 heterocycles. The van der Waals surface area contributed by atoms with Crippen LogP contribution in [0.2, 0.25) is 0 Å². The molecule has 30 heavy (non-hydrogen) atoms. The van der Waals surface area contributed by atoms with Crippen LogP contribution in [0.15, 0.2) is 52.4 Å². The first-order valence-electron chi connectivity index (χ1n) is 9.60. The van der Waals surface area contributed by atoms with E-state index in [0.717, 1.165) is 27.2 Å². The fourth-order valence-corrected chi connectivity index (χ4v) is 3.96. The quantitative estimate of drug-likeness (QED) is 0.424. The van der Waals surface area contributed by atoms with Crippen LogP contribution in [0, 0.1) is 6.92 Å². The smallest absolute Gasteiger partial charge is 0.243 e. The highest BCUT2D eigenvalue weighted by molar-refractivity contribution is 7.09. The number of benzene rings is 1. The van der Waals surface area contributed by atoms with Crippen molar-refractivity contribution in [3.05, 3.63) is 64.3 Å². The minimum Gasteiger partial charge on any atom is -0.458 e. The molecule has 0 saturated carbocycles. The van der Waals surface area contributed by atoms with Crippen molar-refractivity contribution in [1.29, 1.82) is 0 Å². The monoisotopic (exact) mass is 422 g/mol. The third kappa shape index (κ3) is 4.44. The summed E-state index contributed by atoms with van der Waals surface area (Å²) in [7, 11) is 0. The van der Waals surface area contributed by atoms with Crippen LogP contribution in [0.4, 0.5) is 0 Å². The van der Waals surface area contributed by atoms with Crippen LogP contribution in [0.25, 0.3) is 22.4 Å². The molecule has 0 unspecified atom stereocenters. The van der Waals surface area contributed by atoms with Crippen LogP contribution in [-0.2, 0) is 22.6 Å². The molecule has 7 nitrogen and oxygen atoms in total. The standard InChI is InChI=1S/C22H22N4O3S/c1-13(27)25-19(9-15-10-23-18-6-4-3-5-17(15)18)22(28)24-11-16-7-8-21(29-16)20-12-30-14(2)26-20/h3-8,10,12,19,23H,9,11H2,1-2H3,(H,24,28)(H,25,27)/t19-/m0/s1. The first-order chi connectivity index (χ1) is 14.5. The van der Waals surface area contributed by atoms with E-state index in [0.29, 0.717) is 17.9 Å². The van der Waals surface area contributed by atoms with Gasteiger partial charge in [0.15, 0.2) is 5.76 Å². The third-order valence-corrected chi connectivity index (χ3v) is 5.54. The number of furan rings is 1. The zero-order chi connectivity index (χ0) is 21.1. The lowest BCUT2D eigenvalue weighted by molar-refractivity contribution is -0.128. The molecule has 0 aliphatic heterocycles. The highest BCUT2D eigenvalue weighted by atomic mass is 32.1. The second-order valence-corrected chi connectivity index (χ2v) is 8.11. The summed E-state index contributed by atoms with van der Waals surface area (Å²) in [6.45, 7) is 3.57. The van der Waals surface area contributed by atoms with Gasteiger partial charge in [0.05, 0.1) is 11.6 Å². The summed E-state index contributed by atoms with van der Waals surface area (Å²) in [5.74, 6) is 0.769. The fourth-order valence-electron chi connectivity index (χ4n) is 3.36. The van der Waals surface area contributed by atoms with Gasteiger partial charge in [0.25, 0.3) is 0 Å². The highest BCUT2D eigenvalue weighted by Gasteiger charge is 2.21. The van der Waals surface area contributed by atoms with Gasteiger partial charge in [-0.2, -0.15) is 0 Å².